The van der Waals surface area contributed by atoms with Crippen molar-refractivity contribution in [1.29, 1.82) is 0 Å². The van der Waals surface area contributed by atoms with Crippen molar-refractivity contribution in [3.05, 3.63) is 91.1 Å². The molecule has 1 aliphatic heterocycles. The van der Waals surface area contributed by atoms with Crippen molar-refractivity contribution >= 4 is 68.9 Å². The maximum atomic E-state index is 14.0. The molecule has 0 atom stereocenters. The van der Waals surface area contributed by atoms with Gasteiger partial charge in [0.2, 0.25) is 0 Å². The van der Waals surface area contributed by atoms with Crippen LogP contribution in [0.2, 0.25) is 5.02 Å². The molecule has 9 heteroatoms. The minimum Gasteiger partial charge on any atom is -0.490 e. The Morgan fingerprint density at radius 3 is 2.56 bits per heavy atom. The standard InChI is InChI=1S/C25H18ClFINO4S/c1-2-32-21-12-15(11-19(28)23(21)33-14-16-7-3-5-9-18(16)27)13-22-24(30)29(25(31)34-22)20-10-6-4-8-17(20)26/h3-13H,2,14H2,1H3/b22-13-. The molecule has 5 nitrogen and oxygen atoms in total. The molecule has 0 saturated carbocycles. The Bertz CT molecular complexity index is 1300. The van der Waals surface area contributed by atoms with Gasteiger partial charge < -0.3 is 9.47 Å². The first-order chi connectivity index (χ1) is 16.4. The molecule has 0 aromatic heterocycles. The van der Waals surface area contributed by atoms with E-state index in [1.807, 2.05) is 13.0 Å². The second-order valence-electron chi connectivity index (χ2n) is 7.11. The third-order valence-corrected chi connectivity index (χ3v) is 6.84. The molecule has 2 amide bonds. The lowest BCUT2D eigenvalue weighted by atomic mass is 10.1. The van der Waals surface area contributed by atoms with E-state index in [4.69, 9.17) is 21.1 Å². The van der Waals surface area contributed by atoms with Crippen LogP contribution in [0.1, 0.15) is 18.1 Å². The highest BCUT2D eigenvalue weighted by molar-refractivity contribution is 14.1. The number of hydrogen-bond acceptors (Lipinski definition) is 5. The molecular weight excluding hydrogens is 592 g/mol. The zero-order chi connectivity index (χ0) is 24.2. The molecule has 4 rings (SSSR count). The van der Waals surface area contributed by atoms with Gasteiger partial charge >= 0.3 is 0 Å². The summed E-state index contributed by atoms with van der Waals surface area (Å²) in [7, 11) is 0. The summed E-state index contributed by atoms with van der Waals surface area (Å²) in [6, 6.07) is 16.6. The Kier molecular flexibility index (Phi) is 7.80. The molecule has 1 fully saturated rings. The summed E-state index contributed by atoms with van der Waals surface area (Å²) in [6.45, 7) is 2.27. The van der Waals surface area contributed by atoms with Crippen LogP contribution in [0.4, 0.5) is 14.9 Å². The number of rotatable bonds is 7. The molecule has 0 bridgehead atoms. The van der Waals surface area contributed by atoms with Gasteiger partial charge in [0.25, 0.3) is 11.1 Å². The molecular formula is C25H18ClFINO4S. The zero-order valence-electron chi connectivity index (χ0n) is 17.9. The largest absolute Gasteiger partial charge is 0.490 e. The number of carbonyl (C=O) groups is 2. The fourth-order valence-corrected chi connectivity index (χ4v) is 5.14. The van der Waals surface area contributed by atoms with Crippen LogP contribution in [-0.4, -0.2) is 17.8 Å². The monoisotopic (exact) mass is 609 g/mol. The van der Waals surface area contributed by atoms with Gasteiger partial charge in [-0.15, -0.1) is 0 Å². The van der Waals surface area contributed by atoms with Crippen molar-refractivity contribution in [2.75, 3.05) is 11.5 Å². The number of thioether (sulfide) groups is 1. The highest BCUT2D eigenvalue weighted by Crippen LogP contribution is 2.40. The number of ether oxygens (including phenoxy) is 2. The van der Waals surface area contributed by atoms with Crippen LogP contribution in [0.5, 0.6) is 11.5 Å². The second-order valence-corrected chi connectivity index (χ2v) is 9.67. The van der Waals surface area contributed by atoms with Crippen LogP contribution in [0, 0.1) is 9.39 Å². The number of carbonyl (C=O) groups excluding carboxylic acids is 2. The van der Waals surface area contributed by atoms with Crippen molar-refractivity contribution in [2.24, 2.45) is 0 Å². The van der Waals surface area contributed by atoms with Gasteiger partial charge in [-0.25, -0.2) is 9.29 Å². The number of imide groups is 1. The van der Waals surface area contributed by atoms with Crippen molar-refractivity contribution in [1.82, 2.24) is 0 Å². The summed E-state index contributed by atoms with van der Waals surface area (Å²) in [4.78, 5) is 26.9. The molecule has 0 radical (unpaired) electrons. The summed E-state index contributed by atoms with van der Waals surface area (Å²) < 4.78 is 26.4. The van der Waals surface area contributed by atoms with Crippen molar-refractivity contribution in [3.8, 4) is 11.5 Å². The Morgan fingerprint density at radius 2 is 1.82 bits per heavy atom. The summed E-state index contributed by atoms with van der Waals surface area (Å²) in [5.41, 5.74) is 1.44. The van der Waals surface area contributed by atoms with Gasteiger partial charge in [0.15, 0.2) is 11.5 Å². The first kappa shape index (κ1) is 24.6. The number of anilines is 1. The number of hydrogen-bond donors (Lipinski definition) is 0. The topological polar surface area (TPSA) is 55.8 Å². The lowest BCUT2D eigenvalue weighted by Crippen LogP contribution is -2.27. The third kappa shape index (κ3) is 5.24. The van der Waals surface area contributed by atoms with Crippen molar-refractivity contribution in [3.63, 3.8) is 0 Å². The second kappa shape index (κ2) is 10.8. The van der Waals surface area contributed by atoms with Crippen LogP contribution in [0.15, 0.2) is 65.6 Å². The average molecular weight is 610 g/mol. The SMILES string of the molecule is CCOc1cc(/C=C2\SC(=O)N(c3ccccc3Cl)C2=O)cc(I)c1OCc1ccccc1F. The Labute approximate surface area is 219 Å². The molecule has 3 aromatic carbocycles. The Morgan fingerprint density at radius 1 is 1.09 bits per heavy atom. The van der Waals surface area contributed by atoms with E-state index in [2.05, 4.69) is 22.6 Å². The molecule has 0 aliphatic carbocycles. The maximum Gasteiger partial charge on any atom is 0.298 e. The van der Waals surface area contributed by atoms with E-state index in [0.717, 1.165) is 20.2 Å². The van der Waals surface area contributed by atoms with Gasteiger partial charge in [0.05, 0.1) is 25.8 Å². The summed E-state index contributed by atoms with van der Waals surface area (Å²) >= 11 is 9.13. The molecule has 1 saturated heterocycles. The predicted octanol–water partition coefficient (Wildman–Crippen LogP) is 7.30. The third-order valence-electron chi connectivity index (χ3n) is 4.85. The van der Waals surface area contributed by atoms with E-state index >= 15 is 0 Å². The zero-order valence-corrected chi connectivity index (χ0v) is 21.6. The number of nitrogens with zero attached hydrogens (tertiary/aromatic N) is 1. The average Bonchev–Trinajstić information content (AvgIpc) is 3.07. The molecule has 34 heavy (non-hydrogen) atoms. The fourth-order valence-electron chi connectivity index (χ4n) is 3.30. The first-order valence-electron chi connectivity index (χ1n) is 10.2. The molecule has 0 spiro atoms. The van der Waals surface area contributed by atoms with E-state index in [9.17, 15) is 14.0 Å². The molecule has 174 valence electrons. The van der Waals surface area contributed by atoms with Gasteiger partial charge in [-0.1, -0.05) is 41.9 Å². The molecule has 0 unspecified atom stereocenters. The minimum atomic E-state index is -0.448. The smallest absolute Gasteiger partial charge is 0.298 e. The lowest BCUT2D eigenvalue weighted by Gasteiger charge is -2.15. The van der Waals surface area contributed by atoms with Crippen LogP contribution in [-0.2, 0) is 11.4 Å². The summed E-state index contributed by atoms with van der Waals surface area (Å²) in [5, 5.41) is -0.107. The van der Waals surface area contributed by atoms with E-state index in [-0.39, 0.29) is 17.3 Å². The molecule has 1 aliphatic rings. The highest BCUT2D eigenvalue weighted by Gasteiger charge is 2.37. The van der Waals surface area contributed by atoms with E-state index < -0.39 is 11.1 Å². The van der Waals surface area contributed by atoms with Gasteiger partial charge in [-0.2, -0.15) is 0 Å². The van der Waals surface area contributed by atoms with Gasteiger partial charge in [0, 0.05) is 5.56 Å². The van der Waals surface area contributed by atoms with Crippen molar-refractivity contribution in [2.45, 2.75) is 13.5 Å². The maximum absolute atomic E-state index is 14.0. The molecule has 0 N–H and O–H groups in total. The summed E-state index contributed by atoms with van der Waals surface area (Å²) in [6.07, 6.45) is 1.63. The van der Waals surface area contributed by atoms with E-state index in [1.165, 1.54) is 6.07 Å². The van der Waals surface area contributed by atoms with Crippen LogP contribution < -0.4 is 14.4 Å². The molecule has 1 heterocycles. The van der Waals surface area contributed by atoms with Crippen LogP contribution >= 0.6 is 46.0 Å². The van der Waals surface area contributed by atoms with E-state index in [1.54, 1.807) is 54.6 Å². The fraction of sp³-hybridized carbons (Fsp3) is 0.120. The van der Waals surface area contributed by atoms with Crippen LogP contribution in [0.25, 0.3) is 6.08 Å². The van der Waals surface area contributed by atoms with Gasteiger partial charge in [-0.3, -0.25) is 9.59 Å². The quantitative estimate of drug-likeness (QED) is 0.208. The lowest BCUT2D eigenvalue weighted by molar-refractivity contribution is -0.113. The summed E-state index contributed by atoms with van der Waals surface area (Å²) in [5.74, 6) is 0.145. The molecule has 3 aromatic rings. The normalized spacial score (nSPS) is 14.7. The van der Waals surface area contributed by atoms with Gasteiger partial charge in [-0.05, 0) is 83.2 Å². The van der Waals surface area contributed by atoms with Crippen molar-refractivity contribution < 1.29 is 23.5 Å². The van der Waals surface area contributed by atoms with E-state index in [0.29, 0.717) is 39.9 Å². The number of benzene rings is 3. The number of halogens is 3. The van der Waals surface area contributed by atoms with Gasteiger partial charge in [0.1, 0.15) is 12.4 Å². The Hall–Kier alpha value is -2.56. The first-order valence-corrected chi connectivity index (χ1v) is 12.5. The Balaban J connectivity index is 1.62. The predicted molar refractivity (Wildman–Crippen MR) is 141 cm³/mol. The van der Waals surface area contributed by atoms with Crippen LogP contribution in [0.3, 0.4) is 0 Å². The number of para-hydroxylation sites is 1. The highest BCUT2D eigenvalue weighted by atomic mass is 127. The number of amides is 2. The minimum absolute atomic E-state index is 0.0405.